The van der Waals surface area contributed by atoms with Crippen molar-refractivity contribution in [1.82, 2.24) is 0 Å². The summed E-state index contributed by atoms with van der Waals surface area (Å²) in [7, 11) is 0. The number of fused-ring (bicyclic) bond motifs is 1. The Bertz CT molecular complexity index is 491. The van der Waals surface area contributed by atoms with Crippen molar-refractivity contribution in [1.29, 1.82) is 0 Å². The van der Waals surface area contributed by atoms with Crippen molar-refractivity contribution in [3.05, 3.63) is 29.0 Å². The van der Waals surface area contributed by atoms with E-state index in [2.05, 4.69) is 0 Å². The van der Waals surface area contributed by atoms with Crippen LogP contribution in [0.15, 0.2) is 22.6 Å². The first-order chi connectivity index (χ1) is 7.08. The summed E-state index contributed by atoms with van der Waals surface area (Å²) >= 11 is 5.71. The standard InChI is InChI=1S/C11H12ClNO2/c1-6(13)4-7-2-3-8-5-9(12)15-11(8)10(7)14/h2-3,5-6,14H,4,13H2,1H3. The van der Waals surface area contributed by atoms with Gasteiger partial charge >= 0.3 is 0 Å². The number of nitrogens with two attached hydrogens (primary N) is 1. The minimum absolute atomic E-state index is 0.00113. The van der Waals surface area contributed by atoms with E-state index in [4.69, 9.17) is 21.8 Å². The third-order valence-electron chi connectivity index (χ3n) is 2.26. The number of phenols is 1. The maximum Gasteiger partial charge on any atom is 0.194 e. The zero-order chi connectivity index (χ0) is 11.0. The molecule has 0 spiro atoms. The molecular weight excluding hydrogens is 214 g/mol. The number of hydrogen-bond donors (Lipinski definition) is 2. The highest BCUT2D eigenvalue weighted by Crippen LogP contribution is 2.33. The van der Waals surface area contributed by atoms with Gasteiger partial charge in [-0.25, -0.2) is 0 Å². The monoisotopic (exact) mass is 225 g/mol. The van der Waals surface area contributed by atoms with Gasteiger partial charge in [-0.3, -0.25) is 0 Å². The Kier molecular flexibility index (Phi) is 2.59. The van der Waals surface area contributed by atoms with Gasteiger partial charge in [-0.1, -0.05) is 12.1 Å². The molecule has 0 aliphatic heterocycles. The summed E-state index contributed by atoms with van der Waals surface area (Å²) in [6, 6.07) is 5.38. The molecule has 1 atom stereocenters. The van der Waals surface area contributed by atoms with Gasteiger partial charge in [0, 0.05) is 17.5 Å². The average Bonchev–Trinajstić information content (AvgIpc) is 2.51. The van der Waals surface area contributed by atoms with Crippen LogP contribution in [0.3, 0.4) is 0 Å². The zero-order valence-electron chi connectivity index (χ0n) is 8.33. The third kappa shape index (κ3) is 1.94. The number of rotatable bonds is 2. The van der Waals surface area contributed by atoms with Crippen molar-refractivity contribution in [3.8, 4) is 5.75 Å². The van der Waals surface area contributed by atoms with Crippen molar-refractivity contribution in [2.75, 3.05) is 0 Å². The topological polar surface area (TPSA) is 59.4 Å². The van der Waals surface area contributed by atoms with Crippen LogP contribution in [0.2, 0.25) is 5.22 Å². The molecule has 1 unspecified atom stereocenters. The van der Waals surface area contributed by atoms with Gasteiger partial charge in [0.2, 0.25) is 0 Å². The van der Waals surface area contributed by atoms with Crippen LogP contribution in [0.25, 0.3) is 11.0 Å². The first-order valence-electron chi connectivity index (χ1n) is 4.73. The third-order valence-corrected chi connectivity index (χ3v) is 2.44. The maximum absolute atomic E-state index is 9.90. The predicted molar refractivity (Wildman–Crippen MR) is 60.2 cm³/mol. The summed E-state index contributed by atoms with van der Waals surface area (Å²) in [6.45, 7) is 1.89. The lowest BCUT2D eigenvalue weighted by Gasteiger charge is -2.07. The van der Waals surface area contributed by atoms with E-state index in [1.807, 2.05) is 19.1 Å². The highest BCUT2D eigenvalue weighted by molar-refractivity contribution is 6.29. The molecule has 0 saturated carbocycles. The molecule has 4 heteroatoms. The normalized spacial score (nSPS) is 13.3. The fraction of sp³-hybridized carbons (Fsp3) is 0.273. The van der Waals surface area contributed by atoms with Crippen LogP contribution in [0.5, 0.6) is 5.75 Å². The molecule has 0 saturated heterocycles. The van der Waals surface area contributed by atoms with Crippen LogP contribution >= 0.6 is 11.6 Å². The Hall–Kier alpha value is -1.19. The molecule has 0 bridgehead atoms. The van der Waals surface area contributed by atoms with Crippen LogP contribution in [0.1, 0.15) is 12.5 Å². The average molecular weight is 226 g/mol. The molecule has 1 heterocycles. The molecule has 2 aromatic rings. The van der Waals surface area contributed by atoms with Gasteiger partial charge in [0.05, 0.1) is 0 Å². The molecule has 3 nitrogen and oxygen atoms in total. The quantitative estimate of drug-likeness (QED) is 0.826. The highest BCUT2D eigenvalue weighted by Gasteiger charge is 2.12. The number of hydrogen-bond acceptors (Lipinski definition) is 3. The SMILES string of the molecule is CC(N)Cc1ccc2cc(Cl)oc2c1O. The van der Waals surface area contributed by atoms with Crippen LogP contribution in [-0.4, -0.2) is 11.1 Å². The predicted octanol–water partition coefficient (Wildman–Crippen LogP) is 2.68. The van der Waals surface area contributed by atoms with E-state index in [-0.39, 0.29) is 17.0 Å². The van der Waals surface area contributed by atoms with Crippen molar-refractivity contribution in [2.45, 2.75) is 19.4 Å². The summed E-state index contributed by atoms with van der Waals surface area (Å²) in [5.74, 6) is 0.136. The second kappa shape index (κ2) is 3.76. The smallest absolute Gasteiger partial charge is 0.194 e. The van der Waals surface area contributed by atoms with Crippen LogP contribution in [-0.2, 0) is 6.42 Å². The second-order valence-electron chi connectivity index (χ2n) is 3.72. The lowest BCUT2D eigenvalue weighted by molar-refractivity contribution is 0.456. The largest absolute Gasteiger partial charge is 0.504 e. The Morgan fingerprint density at radius 3 is 2.93 bits per heavy atom. The van der Waals surface area contributed by atoms with Crippen molar-refractivity contribution < 1.29 is 9.52 Å². The number of aromatic hydroxyl groups is 1. The van der Waals surface area contributed by atoms with Crippen LogP contribution < -0.4 is 5.73 Å². The molecule has 0 fully saturated rings. The molecule has 2 rings (SSSR count). The van der Waals surface area contributed by atoms with E-state index < -0.39 is 0 Å². The Morgan fingerprint density at radius 2 is 2.27 bits per heavy atom. The fourth-order valence-electron chi connectivity index (χ4n) is 1.61. The molecule has 0 amide bonds. The summed E-state index contributed by atoms with van der Waals surface area (Å²) < 4.78 is 5.20. The van der Waals surface area contributed by atoms with Gasteiger partial charge in [0.25, 0.3) is 0 Å². The fourth-order valence-corrected chi connectivity index (χ4v) is 1.80. The van der Waals surface area contributed by atoms with Crippen molar-refractivity contribution in [2.24, 2.45) is 5.73 Å². The van der Waals surface area contributed by atoms with E-state index in [0.29, 0.717) is 12.0 Å². The first-order valence-corrected chi connectivity index (χ1v) is 5.11. The summed E-state index contributed by atoms with van der Waals surface area (Å²) in [5.41, 5.74) is 6.88. The minimum atomic E-state index is -0.00113. The number of benzene rings is 1. The number of halogens is 1. The van der Waals surface area contributed by atoms with Crippen LogP contribution in [0, 0.1) is 0 Å². The molecule has 80 valence electrons. The Morgan fingerprint density at radius 1 is 1.53 bits per heavy atom. The van der Waals surface area contributed by atoms with Gasteiger partial charge in [-0.15, -0.1) is 0 Å². The summed E-state index contributed by atoms with van der Waals surface area (Å²) in [6.07, 6.45) is 0.611. The van der Waals surface area contributed by atoms with Crippen LogP contribution in [0.4, 0.5) is 0 Å². The minimum Gasteiger partial charge on any atom is -0.504 e. The zero-order valence-corrected chi connectivity index (χ0v) is 9.08. The Balaban J connectivity index is 2.54. The maximum atomic E-state index is 9.90. The van der Waals surface area contributed by atoms with E-state index in [1.54, 1.807) is 6.07 Å². The van der Waals surface area contributed by atoms with Crippen molar-refractivity contribution in [3.63, 3.8) is 0 Å². The van der Waals surface area contributed by atoms with Gasteiger partial charge in [0.1, 0.15) is 0 Å². The molecule has 1 aromatic carbocycles. The number of phenolic OH excluding ortho intramolecular Hbond substituents is 1. The van der Waals surface area contributed by atoms with Gasteiger partial charge in [-0.2, -0.15) is 0 Å². The van der Waals surface area contributed by atoms with E-state index >= 15 is 0 Å². The van der Waals surface area contributed by atoms with Gasteiger partial charge < -0.3 is 15.3 Å². The van der Waals surface area contributed by atoms with E-state index in [9.17, 15) is 5.11 Å². The molecule has 0 aliphatic rings. The van der Waals surface area contributed by atoms with E-state index in [1.165, 1.54) is 0 Å². The lowest BCUT2D eigenvalue weighted by Crippen LogP contribution is -2.17. The van der Waals surface area contributed by atoms with Gasteiger partial charge in [-0.05, 0) is 30.5 Å². The molecule has 1 aromatic heterocycles. The highest BCUT2D eigenvalue weighted by atomic mass is 35.5. The summed E-state index contributed by atoms with van der Waals surface area (Å²) in [4.78, 5) is 0. The molecule has 0 radical (unpaired) electrons. The first kappa shape index (κ1) is 10.3. The molecule has 15 heavy (non-hydrogen) atoms. The molecule has 3 N–H and O–H groups in total. The lowest BCUT2D eigenvalue weighted by atomic mass is 10.1. The van der Waals surface area contributed by atoms with Crippen molar-refractivity contribution >= 4 is 22.6 Å². The van der Waals surface area contributed by atoms with Gasteiger partial charge in [0.15, 0.2) is 16.6 Å². The molecular formula is C11H12ClNO2. The summed E-state index contributed by atoms with van der Waals surface area (Å²) in [5, 5.41) is 11.0. The van der Waals surface area contributed by atoms with E-state index in [0.717, 1.165) is 10.9 Å². The Labute approximate surface area is 92.4 Å². The molecule has 0 aliphatic carbocycles. The second-order valence-corrected chi connectivity index (χ2v) is 4.10. The number of furan rings is 1.